The van der Waals surface area contributed by atoms with Crippen molar-refractivity contribution in [3.63, 3.8) is 0 Å². The SMILES string of the molecule is COC/C(=C/c1ccccc1)c1c(F)cccc1F. The molecule has 0 radical (unpaired) electrons. The Morgan fingerprint density at radius 3 is 2.21 bits per heavy atom. The minimum absolute atomic E-state index is 0.0341. The molecule has 2 aromatic carbocycles. The number of rotatable bonds is 4. The van der Waals surface area contributed by atoms with Gasteiger partial charge in [0, 0.05) is 7.11 Å². The zero-order valence-corrected chi connectivity index (χ0v) is 10.6. The lowest BCUT2D eigenvalue weighted by atomic mass is 10.0. The molecule has 0 saturated heterocycles. The van der Waals surface area contributed by atoms with E-state index in [1.165, 1.54) is 25.3 Å². The summed E-state index contributed by atoms with van der Waals surface area (Å²) in [7, 11) is 1.50. The normalized spacial score (nSPS) is 11.6. The van der Waals surface area contributed by atoms with E-state index in [4.69, 9.17) is 4.74 Å². The second kappa shape index (κ2) is 6.25. The maximum absolute atomic E-state index is 13.8. The molecule has 0 atom stereocenters. The van der Waals surface area contributed by atoms with Gasteiger partial charge >= 0.3 is 0 Å². The molecule has 0 bridgehead atoms. The zero-order valence-electron chi connectivity index (χ0n) is 10.6. The van der Waals surface area contributed by atoms with Crippen LogP contribution in [0.25, 0.3) is 11.6 Å². The lowest BCUT2D eigenvalue weighted by Crippen LogP contribution is -2.00. The molecule has 0 aliphatic rings. The molecule has 0 aliphatic heterocycles. The largest absolute Gasteiger partial charge is 0.380 e. The Balaban J connectivity index is 2.49. The fourth-order valence-electron chi connectivity index (χ4n) is 1.90. The Morgan fingerprint density at radius 1 is 1.00 bits per heavy atom. The summed E-state index contributed by atoms with van der Waals surface area (Å²) in [5.41, 5.74) is 1.31. The molecule has 0 aromatic heterocycles. The summed E-state index contributed by atoms with van der Waals surface area (Å²) >= 11 is 0. The molecule has 0 amide bonds. The smallest absolute Gasteiger partial charge is 0.133 e. The molecule has 0 N–H and O–H groups in total. The lowest BCUT2D eigenvalue weighted by Gasteiger charge is -2.09. The van der Waals surface area contributed by atoms with E-state index in [9.17, 15) is 8.78 Å². The number of hydrogen-bond donors (Lipinski definition) is 0. The summed E-state index contributed by atoms with van der Waals surface area (Å²) < 4.78 is 32.6. The fraction of sp³-hybridized carbons (Fsp3) is 0.125. The van der Waals surface area contributed by atoms with Crippen molar-refractivity contribution < 1.29 is 13.5 Å². The van der Waals surface area contributed by atoms with Gasteiger partial charge in [0.05, 0.1) is 12.2 Å². The van der Waals surface area contributed by atoms with E-state index in [1.807, 2.05) is 30.3 Å². The van der Waals surface area contributed by atoms with Crippen molar-refractivity contribution in [2.24, 2.45) is 0 Å². The van der Waals surface area contributed by atoms with E-state index in [1.54, 1.807) is 6.08 Å². The molecule has 0 aliphatic carbocycles. The summed E-state index contributed by atoms with van der Waals surface area (Å²) in [4.78, 5) is 0. The molecule has 98 valence electrons. The highest BCUT2D eigenvalue weighted by Crippen LogP contribution is 2.24. The van der Waals surface area contributed by atoms with Crippen LogP contribution in [0.1, 0.15) is 11.1 Å². The Labute approximate surface area is 111 Å². The molecule has 0 saturated carbocycles. The number of ether oxygens (including phenoxy) is 1. The molecule has 2 aromatic rings. The molecule has 0 fully saturated rings. The van der Waals surface area contributed by atoms with Gasteiger partial charge in [-0.3, -0.25) is 0 Å². The number of benzene rings is 2. The topological polar surface area (TPSA) is 9.23 Å². The predicted molar refractivity (Wildman–Crippen MR) is 72.5 cm³/mol. The minimum Gasteiger partial charge on any atom is -0.380 e. The molecule has 3 heteroatoms. The molecule has 0 unspecified atom stereocenters. The Bertz CT molecular complexity index is 556. The van der Waals surface area contributed by atoms with Crippen LogP contribution in [0.5, 0.6) is 0 Å². The monoisotopic (exact) mass is 260 g/mol. The van der Waals surface area contributed by atoms with Crippen LogP contribution in [0.15, 0.2) is 48.5 Å². The van der Waals surface area contributed by atoms with Gasteiger partial charge in [-0.2, -0.15) is 0 Å². The Morgan fingerprint density at radius 2 is 1.63 bits per heavy atom. The van der Waals surface area contributed by atoms with Gasteiger partial charge in [-0.05, 0) is 29.3 Å². The third-order valence-corrected chi connectivity index (χ3v) is 2.72. The van der Waals surface area contributed by atoms with Crippen molar-refractivity contribution in [3.8, 4) is 0 Å². The second-order valence-corrected chi connectivity index (χ2v) is 4.11. The van der Waals surface area contributed by atoms with Gasteiger partial charge in [-0.15, -0.1) is 0 Å². The minimum atomic E-state index is -0.584. The van der Waals surface area contributed by atoms with Gasteiger partial charge in [0.15, 0.2) is 0 Å². The number of hydrogen-bond acceptors (Lipinski definition) is 1. The third-order valence-electron chi connectivity index (χ3n) is 2.72. The van der Waals surface area contributed by atoms with Crippen LogP contribution in [-0.4, -0.2) is 13.7 Å². The van der Waals surface area contributed by atoms with Crippen LogP contribution in [-0.2, 0) is 4.74 Å². The highest BCUT2D eigenvalue weighted by molar-refractivity contribution is 5.82. The maximum atomic E-state index is 13.8. The highest BCUT2D eigenvalue weighted by atomic mass is 19.1. The first-order valence-corrected chi connectivity index (χ1v) is 5.91. The summed E-state index contributed by atoms with van der Waals surface area (Å²) in [6, 6.07) is 13.2. The lowest BCUT2D eigenvalue weighted by molar-refractivity contribution is 0.239. The third kappa shape index (κ3) is 3.26. The average Bonchev–Trinajstić information content (AvgIpc) is 2.40. The standard InChI is InChI=1S/C16H14F2O/c1-19-11-13(10-12-6-3-2-4-7-12)16-14(17)8-5-9-15(16)18/h2-10H,11H2,1H3/b13-10-. The van der Waals surface area contributed by atoms with Crippen LogP contribution in [0.3, 0.4) is 0 Å². The van der Waals surface area contributed by atoms with Crippen molar-refractivity contribution in [3.05, 3.63) is 71.3 Å². The summed E-state index contributed by atoms with van der Waals surface area (Å²) in [6.45, 7) is 0.146. The predicted octanol–water partition coefficient (Wildman–Crippen LogP) is 4.15. The van der Waals surface area contributed by atoms with E-state index in [-0.39, 0.29) is 12.2 Å². The molecule has 1 nitrogen and oxygen atoms in total. The van der Waals surface area contributed by atoms with Crippen LogP contribution in [0.2, 0.25) is 0 Å². The number of halogens is 2. The summed E-state index contributed by atoms with van der Waals surface area (Å²) in [6.07, 6.45) is 1.73. The fourth-order valence-corrected chi connectivity index (χ4v) is 1.90. The first-order valence-electron chi connectivity index (χ1n) is 5.91. The summed E-state index contributed by atoms with van der Waals surface area (Å²) in [5, 5.41) is 0. The molecular formula is C16H14F2O. The molecule has 0 heterocycles. The van der Waals surface area contributed by atoms with Gasteiger partial charge in [-0.25, -0.2) is 8.78 Å². The Hall–Kier alpha value is -2.00. The zero-order chi connectivity index (χ0) is 13.7. The maximum Gasteiger partial charge on any atom is 0.133 e. The molecule has 19 heavy (non-hydrogen) atoms. The summed E-state index contributed by atoms with van der Waals surface area (Å²) in [5.74, 6) is -1.17. The molecule has 2 rings (SSSR count). The van der Waals surface area contributed by atoms with Crippen molar-refractivity contribution in [1.82, 2.24) is 0 Å². The van der Waals surface area contributed by atoms with E-state index >= 15 is 0 Å². The van der Waals surface area contributed by atoms with Crippen molar-refractivity contribution in [1.29, 1.82) is 0 Å². The first kappa shape index (κ1) is 13.4. The van der Waals surface area contributed by atoms with Crippen molar-refractivity contribution >= 4 is 11.6 Å². The van der Waals surface area contributed by atoms with Crippen molar-refractivity contribution in [2.75, 3.05) is 13.7 Å². The van der Waals surface area contributed by atoms with E-state index in [2.05, 4.69) is 0 Å². The van der Waals surface area contributed by atoms with Crippen molar-refractivity contribution in [2.45, 2.75) is 0 Å². The quantitative estimate of drug-likeness (QED) is 0.750. The van der Waals surface area contributed by atoms with Gasteiger partial charge in [-0.1, -0.05) is 36.4 Å². The van der Waals surface area contributed by atoms with Gasteiger partial charge in [0.25, 0.3) is 0 Å². The highest BCUT2D eigenvalue weighted by Gasteiger charge is 2.13. The van der Waals surface area contributed by atoms with Crippen LogP contribution in [0, 0.1) is 11.6 Å². The first-order chi connectivity index (χ1) is 9.22. The van der Waals surface area contributed by atoms with Crippen LogP contribution < -0.4 is 0 Å². The van der Waals surface area contributed by atoms with Crippen LogP contribution >= 0.6 is 0 Å². The second-order valence-electron chi connectivity index (χ2n) is 4.11. The van der Waals surface area contributed by atoms with Gasteiger partial charge in [0.1, 0.15) is 11.6 Å². The van der Waals surface area contributed by atoms with E-state index < -0.39 is 11.6 Å². The van der Waals surface area contributed by atoms with E-state index in [0.29, 0.717) is 5.57 Å². The number of methoxy groups -OCH3 is 1. The van der Waals surface area contributed by atoms with Crippen LogP contribution in [0.4, 0.5) is 8.78 Å². The van der Waals surface area contributed by atoms with Gasteiger partial charge < -0.3 is 4.74 Å². The molecular weight excluding hydrogens is 246 g/mol. The Kier molecular flexibility index (Phi) is 4.42. The van der Waals surface area contributed by atoms with E-state index in [0.717, 1.165) is 5.56 Å². The average molecular weight is 260 g/mol. The molecule has 0 spiro atoms. The van der Waals surface area contributed by atoms with Gasteiger partial charge in [0.2, 0.25) is 0 Å².